The van der Waals surface area contributed by atoms with Gasteiger partial charge in [-0.15, -0.1) is 0 Å². The first-order valence-electron chi connectivity index (χ1n) is 4.29. The predicted molar refractivity (Wildman–Crippen MR) is 55.8 cm³/mol. The van der Waals surface area contributed by atoms with Crippen LogP contribution >= 0.6 is 10.9 Å². The number of amidine groups is 1. The van der Waals surface area contributed by atoms with Gasteiger partial charge in [-0.2, -0.15) is 10.9 Å². The normalized spacial score (nSPS) is 29.5. The molecule has 1 amide bonds. The van der Waals surface area contributed by atoms with Gasteiger partial charge < -0.3 is 11.1 Å². The summed E-state index contributed by atoms with van der Waals surface area (Å²) in [5.41, 5.74) is 5.60. The van der Waals surface area contributed by atoms with Gasteiger partial charge in [-0.1, -0.05) is 0 Å². The number of nitrogens with zero attached hydrogens (tertiary/aromatic N) is 1. The second-order valence-electron chi connectivity index (χ2n) is 3.20. The average Bonchev–Trinajstić information content (AvgIpc) is 2.84. The standard InChI is InChI=1S/C8H13N3OS/c1-10-8-11-6(7(9)12)4-13(8)5-2-3-5/h4-5,13H,2-3H2,1H3,(H2,9,12)(H,10,11). The monoisotopic (exact) mass is 199 g/mol. The fourth-order valence-corrected chi connectivity index (χ4v) is 3.64. The zero-order valence-corrected chi connectivity index (χ0v) is 8.34. The summed E-state index contributed by atoms with van der Waals surface area (Å²) in [7, 11) is 1.49. The minimum Gasteiger partial charge on any atom is -0.369 e. The fourth-order valence-electron chi connectivity index (χ4n) is 1.33. The summed E-state index contributed by atoms with van der Waals surface area (Å²) in [4.78, 5) is 15.1. The summed E-state index contributed by atoms with van der Waals surface area (Å²) in [5.74, 6) is -0.418. The topological polar surface area (TPSA) is 67.5 Å². The van der Waals surface area contributed by atoms with E-state index in [2.05, 4.69) is 10.3 Å². The number of primary amides is 1. The first-order chi connectivity index (χ1) is 6.22. The molecule has 0 spiro atoms. The second-order valence-corrected chi connectivity index (χ2v) is 5.43. The SMILES string of the molecule is CNC1=NC(C(N)=O)=C[SH]1C1CC1. The third-order valence-corrected chi connectivity index (χ3v) is 4.79. The maximum atomic E-state index is 10.9. The van der Waals surface area contributed by atoms with Gasteiger partial charge in [0.1, 0.15) is 10.9 Å². The zero-order valence-electron chi connectivity index (χ0n) is 7.45. The van der Waals surface area contributed by atoms with E-state index in [1.165, 1.54) is 12.8 Å². The Hall–Kier alpha value is -0.970. The molecule has 4 nitrogen and oxygen atoms in total. The van der Waals surface area contributed by atoms with E-state index in [9.17, 15) is 4.79 Å². The Bertz CT molecular complexity index is 307. The van der Waals surface area contributed by atoms with Crippen LogP contribution in [0.2, 0.25) is 0 Å². The summed E-state index contributed by atoms with van der Waals surface area (Å²) < 4.78 is 0. The molecular weight excluding hydrogens is 186 g/mol. The predicted octanol–water partition coefficient (Wildman–Crippen LogP) is 0.0657. The van der Waals surface area contributed by atoms with Crippen molar-refractivity contribution in [1.82, 2.24) is 5.32 Å². The van der Waals surface area contributed by atoms with E-state index in [0.29, 0.717) is 5.70 Å². The Morgan fingerprint density at radius 3 is 2.92 bits per heavy atom. The highest BCUT2D eigenvalue weighted by atomic mass is 32.2. The Balaban J connectivity index is 2.19. The van der Waals surface area contributed by atoms with Crippen LogP contribution in [0, 0.1) is 0 Å². The number of carbonyl (C=O) groups is 1. The van der Waals surface area contributed by atoms with E-state index in [4.69, 9.17) is 5.73 Å². The van der Waals surface area contributed by atoms with Crippen molar-refractivity contribution in [3.05, 3.63) is 11.1 Å². The van der Waals surface area contributed by atoms with E-state index in [1.807, 2.05) is 12.5 Å². The molecule has 0 radical (unpaired) electrons. The largest absolute Gasteiger partial charge is 0.369 e. The quantitative estimate of drug-likeness (QED) is 0.551. The molecule has 0 saturated heterocycles. The van der Waals surface area contributed by atoms with Crippen LogP contribution < -0.4 is 11.1 Å². The lowest BCUT2D eigenvalue weighted by molar-refractivity contribution is -0.114. The number of amides is 1. The van der Waals surface area contributed by atoms with Gasteiger partial charge in [-0.05, 0) is 23.5 Å². The van der Waals surface area contributed by atoms with Gasteiger partial charge in [-0.25, -0.2) is 4.99 Å². The summed E-state index contributed by atoms with van der Waals surface area (Å²) >= 11 is 0. The van der Waals surface area contributed by atoms with E-state index in [0.717, 1.165) is 10.4 Å². The summed E-state index contributed by atoms with van der Waals surface area (Å²) in [6, 6.07) is 0. The van der Waals surface area contributed by atoms with Gasteiger partial charge >= 0.3 is 0 Å². The number of aliphatic imine (C=N–C) groups is 1. The maximum absolute atomic E-state index is 10.9. The maximum Gasteiger partial charge on any atom is 0.267 e. The molecule has 2 aliphatic rings. The van der Waals surface area contributed by atoms with Gasteiger partial charge in [0.2, 0.25) is 0 Å². The highest BCUT2D eigenvalue weighted by molar-refractivity contribution is 8.33. The zero-order chi connectivity index (χ0) is 9.42. The van der Waals surface area contributed by atoms with Gasteiger partial charge in [0.05, 0.1) is 0 Å². The van der Waals surface area contributed by atoms with Gasteiger partial charge in [-0.3, -0.25) is 4.79 Å². The van der Waals surface area contributed by atoms with Crippen molar-refractivity contribution in [2.75, 3.05) is 7.05 Å². The number of thiol groups is 1. The van der Waals surface area contributed by atoms with Crippen molar-refractivity contribution in [3.8, 4) is 0 Å². The van der Waals surface area contributed by atoms with E-state index < -0.39 is 5.91 Å². The molecular formula is C8H13N3OS. The lowest BCUT2D eigenvalue weighted by atomic mass is 10.5. The molecule has 1 fully saturated rings. The van der Waals surface area contributed by atoms with E-state index >= 15 is 0 Å². The molecule has 1 atom stereocenters. The molecule has 13 heavy (non-hydrogen) atoms. The molecule has 1 heterocycles. The number of hydrogen-bond acceptors (Lipinski definition) is 3. The first kappa shape index (κ1) is 8.62. The smallest absolute Gasteiger partial charge is 0.267 e. The number of nitrogens with one attached hydrogen (secondary N) is 1. The Morgan fingerprint density at radius 1 is 1.77 bits per heavy atom. The van der Waals surface area contributed by atoms with Gasteiger partial charge in [0, 0.05) is 7.05 Å². The van der Waals surface area contributed by atoms with Crippen LogP contribution in [0.15, 0.2) is 16.1 Å². The summed E-state index contributed by atoms with van der Waals surface area (Å²) in [6.07, 6.45) is 2.52. The minimum absolute atomic E-state index is 0.352. The summed E-state index contributed by atoms with van der Waals surface area (Å²) in [5, 5.41) is 6.67. The van der Waals surface area contributed by atoms with Gasteiger partial charge in [0.15, 0.2) is 0 Å². The molecule has 0 aromatic carbocycles. The Morgan fingerprint density at radius 2 is 2.46 bits per heavy atom. The molecule has 1 aliphatic heterocycles. The minimum atomic E-state index is -0.418. The third-order valence-electron chi connectivity index (χ3n) is 2.15. The highest BCUT2D eigenvalue weighted by Crippen LogP contribution is 2.50. The molecule has 0 bridgehead atoms. The van der Waals surface area contributed by atoms with Crippen LogP contribution in [0.1, 0.15) is 12.8 Å². The first-order valence-corrected chi connectivity index (χ1v) is 5.77. The molecule has 5 heteroatoms. The molecule has 1 unspecified atom stereocenters. The van der Waals surface area contributed by atoms with Crippen molar-refractivity contribution in [2.45, 2.75) is 18.1 Å². The van der Waals surface area contributed by atoms with Crippen LogP contribution in [0.25, 0.3) is 0 Å². The van der Waals surface area contributed by atoms with E-state index in [-0.39, 0.29) is 10.9 Å². The van der Waals surface area contributed by atoms with Crippen molar-refractivity contribution >= 4 is 22.0 Å². The fraction of sp³-hybridized carbons (Fsp3) is 0.500. The number of nitrogens with two attached hydrogens (primary N) is 1. The van der Waals surface area contributed by atoms with Crippen molar-refractivity contribution in [2.24, 2.45) is 10.7 Å². The molecule has 2 rings (SSSR count). The van der Waals surface area contributed by atoms with Crippen LogP contribution in [0.3, 0.4) is 0 Å². The average molecular weight is 199 g/mol. The van der Waals surface area contributed by atoms with Crippen molar-refractivity contribution in [1.29, 1.82) is 0 Å². The van der Waals surface area contributed by atoms with Crippen LogP contribution in [0.5, 0.6) is 0 Å². The summed E-state index contributed by atoms with van der Waals surface area (Å²) in [6.45, 7) is 0. The molecule has 0 aromatic heterocycles. The molecule has 3 N–H and O–H groups in total. The van der Waals surface area contributed by atoms with Crippen molar-refractivity contribution < 1.29 is 4.79 Å². The Kier molecular flexibility index (Phi) is 2.03. The van der Waals surface area contributed by atoms with Crippen LogP contribution in [-0.4, -0.2) is 23.4 Å². The number of rotatable bonds is 2. The van der Waals surface area contributed by atoms with Crippen molar-refractivity contribution in [3.63, 3.8) is 0 Å². The number of hydrogen-bond donors (Lipinski definition) is 3. The molecule has 1 saturated carbocycles. The molecule has 0 aromatic rings. The molecule has 1 aliphatic carbocycles. The lowest BCUT2D eigenvalue weighted by Crippen LogP contribution is -2.17. The van der Waals surface area contributed by atoms with E-state index in [1.54, 1.807) is 0 Å². The van der Waals surface area contributed by atoms with Crippen LogP contribution in [-0.2, 0) is 4.79 Å². The highest BCUT2D eigenvalue weighted by Gasteiger charge is 2.33. The number of carbonyl (C=O) groups excluding carboxylic acids is 1. The molecule has 72 valence electrons. The van der Waals surface area contributed by atoms with Gasteiger partial charge in [0.25, 0.3) is 5.91 Å². The Labute approximate surface area is 79.6 Å². The van der Waals surface area contributed by atoms with Crippen LogP contribution in [0.4, 0.5) is 0 Å². The lowest BCUT2D eigenvalue weighted by Gasteiger charge is -2.13. The third kappa shape index (κ3) is 1.56. The second kappa shape index (κ2) is 3.06.